The molecule has 0 aliphatic heterocycles. The summed E-state index contributed by atoms with van der Waals surface area (Å²) in [6.45, 7) is 0. The van der Waals surface area contributed by atoms with Crippen LogP contribution in [-0.2, 0) is 10.1 Å². The van der Waals surface area contributed by atoms with E-state index in [1.165, 1.54) is 0 Å². The summed E-state index contributed by atoms with van der Waals surface area (Å²) in [4.78, 5) is 0. The molecule has 7 heteroatoms. The lowest BCUT2D eigenvalue weighted by molar-refractivity contribution is 0.485. The molecule has 0 saturated heterocycles. The standard InChI is InChI=1S/C2H2N2O3S2/c5-9(6,7)2-1-3-4-8-2/h1H,(H,5,6,7). The topological polar surface area (TPSA) is 80.2 Å². The lowest BCUT2D eigenvalue weighted by Gasteiger charge is -1.82. The van der Waals surface area contributed by atoms with E-state index in [2.05, 4.69) is 9.59 Å². The van der Waals surface area contributed by atoms with E-state index in [9.17, 15) is 8.42 Å². The van der Waals surface area contributed by atoms with E-state index in [0.29, 0.717) is 11.5 Å². The van der Waals surface area contributed by atoms with Gasteiger partial charge in [0.15, 0.2) is 4.21 Å². The van der Waals surface area contributed by atoms with Gasteiger partial charge in [-0.1, -0.05) is 4.49 Å². The zero-order valence-corrected chi connectivity index (χ0v) is 5.68. The molecule has 0 aromatic carbocycles. The summed E-state index contributed by atoms with van der Waals surface area (Å²) >= 11 is 0.631. The maximum Gasteiger partial charge on any atom is 0.307 e. The van der Waals surface area contributed by atoms with Crippen LogP contribution in [0, 0.1) is 0 Å². The van der Waals surface area contributed by atoms with E-state index < -0.39 is 10.1 Å². The Morgan fingerprint density at radius 3 is 2.56 bits per heavy atom. The fraction of sp³-hybridized carbons (Fsp3) is 0. The number of aromatic nitrogens is 2. The third kappa shape index (κ3) is 1.44. The molecular weight excluding hydrogens is 164 g/mol. The quantitative estimate of drug-likeness (QED) is 0.583. The monoisotopic (exact) mass is 166 g/mol. The second-order valence-electron chi connectivity index (χ2n) is 1.21. The molecule has 1 heterocycles. The summed E-state index contributed by atoms with van der Waals surface area (Å²) in [5.41, 5.74) is 0. The van der Waals surface area contributed by atoms with E-state index >= 15 is 0 Å². The van der Waals surface area contributed by atoms with Gasteiger partial charge in [-0.25, -0.2) is 0 Å². The van der Waals surface area contributed by atoms with Gasteiger partial charge in [-0.15, -0.1) is 5.10 Å². The summed E-state index contributed by atoms with van der Waals surface area (Å²) in [6.07, 6.45) is 0.986. The number of hydrogen-bond donors (Lipinski definition) is 1. The van der Waals surface area contributed by atoms with Gasteiger partial charge in [0.05, 0.1) is 6.20 Å². The summed E-state index contributed by atoms with van der Waals surface area (Å²) in [7, 11) is -4.07. The third-order valence-corrected chi connectivity index (χ3v) is 2.53. The van der Waals surface area contributed by atoms with Gasteiger partial charge >= 0.3 is 10.1 Å². The molecule has 0 aliphatic carbocycles. The molecule has 1 N–H and O–H groups in total. The van der Waals surface area contributed by atoms with Crippen LogP contribution in [0.25, 0.3) is 0 Å². The fourth-order valence-electron chi connectivity index (χ4n) is 0.272. The van der Waals surface area contributed by atoms with Crippen LogP contribution in [0.2, 0.25) is 0 Å². The smallest absolute Gasteiger partial charge is 0.281 e. The van der Waals surface area contributed by atoms with Crippen molar-refractivity contribution in [3.05, 3.63) is 6.20 Å². The van der Waals surface area contributed by atoms with E-state index in [0.717, 1.165) is 6.20 Å². The molecule has 5 nitrogen and oxygen atoms in total. The molecule has 0 atom stereocenters. The lowest BCUT2D eigenvalue weighted by Crippen LogP contribution is -1.93. The summed E-state index contributed by atoms with van der Waals surface area (Å²) in [6, 6.07) is 0. The predicted octanol–water partition coefficient (Wildman–Crippen LogP) is -0.215. The van der Waals surface area contributed by atoms with Gasteiger partial charge in [-0.3, -0.25) is 4.55 Å². The number of rotatable bonds is 1. The Hall–Kier alpha value is -0.530. The molecule has 0 unspecified atom stereocenters. The summed E-state index contributed by atoms with van der Waals surface area (Å²) < 4.78 is 31.6. The van der Waals surface area contributed by atoms with Crippen LogP contribution in [0.5, 0.6) is 0 Å². The molecular formula is C2H2N2O3S2. The molecule has 0 radical (unpaired) electrons. The van der Waals surface area contributed by atoms with E-state index in [1.807, 2.05) is 0 Å². The minimum atomic E-state index is -4.07. The molecule has 0 aliphatic rings. The van der Waals surface area contributed by atoms with Crippen molar-refractivity contribution in [3.63, 3.8) is 0 Å². The Balaban J connectivity index is 3.20. The Labute approximate surface area is 55.2 Å². The first-order chi connectivity index (χ1) is 4.11. The molecule has 0 bridgehead atoms. The maximum absolute atomic E-state index is 10.2. The van der Waals surface area contributed by atoms with Crippen LogP contribution in [0.4, 0.5) is 0 Å². The predicted molar refractivity (Wildman–Crippen MR) is 29.7 cm³/mol. The van der Waals surface area contributed by atoms with Crippen molar-refractivity contribution in [1.29, 1.82) is 0 Å². The van der Waals surface area contributed by atoms with Crippen molar-refractivity contribution in [2.75, 3.05) is 0 Å². The van der Waals surface area contributed by atoms with Crippen LogP contribution in [0.1, 0.15) is 0 Å². The van der Waals surface area contributed by atoms with Crippen LogP contribution in [0.3, 0.4) is 0 Å². The number of hydrogen-bond acceptors (Lipinski definition) is 5. The van der Waals surface area contributed by atoms with Crippen molar-refractivity contribution in [2.24, 2.45) is 0 Å². The van der Waals surface area contributed by atoms with Gasteiger partial charge < -0.3 is 0 Å². The largest absolute Gasteiger partial charge is 0.307 e. The van der Waals surface area contributed by atoms with Crippen molar-refractivity contribution in [2.45, 2.75) is 4.21 Å². The van der Waals surface area contributed by atoms with E-state index in [-0.39, 0.29) is 4.21 Å². The van der Waals surface area contributed by atoms with Crippen LogP contribution in [-0.4, -0.2) is 22.6 Å². The highest BCUT2D eigenvalue weighted by Crippen LogP contribution is 2.08. The average Bonchev–Trinajstić information content (AvgIpc) is 2.08. The molecule has 1 rings (SSSR count). The molecule has 9 heavy (non-hydrogen) atoms. The molecule has 1 aromatic rings. The molecule has 0 amide bonds. The van der Waals surface area contributed by atoms with Crippen molar-refractivity contribution in [3.8, 4) is 0 Å². The molecule has 0 fully saturated rings. The fourth-order valence-corrected chi connectivity index (χ4v) is 1.20. The zero-order valence-electron chi connectivity index (χ0n) is 4.05. The lowest BCUT2D eigenvalue weighted by atomic mass is 11.0. The maximum atomic E-state index is 10.2. The first-order valence-electron chi connectivity index (χ1n) is 1.85. The van der Waals surface area contributed by atoms with Crippen molar-refractivity contribution < 1.29 is 13.0 Å². The first kappa shape index (κ1) is 6.59. The highest BCUT2D eigenvalue weighted by atomic mass is 32.3. The highest BCUT2D eigenvalue weighted by Gasteiger charge is 2.10. The van der Waals surface area contributed by atoms with Crippen molar-refractivity contribution in [1.82, 2.24) is 9.59 Å². The van der Waals surface area contributed by atoms with Gasteiger partial charge in [0.1, 0.15) is 0 Å². The summed E-state index contributed by atoms with van der Waals surface area (Å²) in [5.74, 6) is 0. The summed E-state index contributed by atoms with van der Waals surface area (Å²) in [5, 5.41) is 3.22. The average molecular weight is 166 g/mol. The van der Waals surface area contributed by atoms with E-state index in [1.54, 1.807) is 0 Å². The van der Waals surface area contributed by atoms with Gasteiger partial charge in [-0.05, 0) is 0 Å². The Bertz CT molecular complexity index is 275. The zero-order chi connectivity index (χ0) is 6.91. The van der Waals surface area contributed by atoms with Gasteiger partial charge in [-0.2, -0.15) is 8.42 Å². The SMILES string of the molecule is O=S(=O)(O)c1cnns1. The second kappa shape index (κ2) is 2.01. The normalized spacial score (nSPS) is 11.7. The Morgan fingerprint density at radius 1 is 1.67 bits per heavy atom. The molecule has 1 aromatic heterocycles. The van der Waals surface area contributed by atoms with Crippen molar-refractivity contribution >= 4 is 21.7 Å². The van der Waals surface area contributed by atoms with Gasteiger partial charge in [0, 0.05) is 11.5 Å². The van der Waals surface area contributed by atoms with Crippen LogP contribution >= 0.6 is 11.5 Å². The van der Waals surface area contributed by atoms with E-state index in [4.69, 9.17) is 4.55 Å². The van der Waals surface area contributed by atoms with Gasteiger partial charge in [0.25, 0.3) is 0 Å². The minimum absolute atomic E-state index is 0.234. The van der Waals surface area contributed by atoms with Crippen LogP contribution in [0.15, 0.2) is 10.4 Å². The molecule has 0 saturated carbocycles. The highest BCUT2D eigenvalue weighted by molar-refractivity contribution is 7.87. The first-order valence-corrected chi connectivity index (χ1v) is 4.07. The van der Waals surface area contributed by atoms with Gasteiger partial charge in [0.2, 0.25) is 0 Å². The number of nitrogens with zero attached hydrogens (tertiary/aromatic N) is 2. The van der Waals surface area contributed by atoms with Crippen LogP contribution < -0.4 is 0 Å². The Morgan fingerprint density at radius 2 is 2.33 bits per heavy atom. The Kier molecular flexibility index (Phi) is 1.47. The second-order valence-corrected chi connectivity index (χ2v) is 3.65. The molecule has 50 valence electrons. The minimum Gasteiger partial charge on any atom is -0.281 e. The molecule has 0 spiro atoms. The third-order valence-electron chi connectivity index (χ3n) is 0.595.